The van der Waals surface area contributed by atoms with E-state index < -0.39 is 45.7 Å². The molecular weight excluding hydrogens is 502 g/mol. The summed E-state index contributed by atoms with van der Waals surface area (Å²) in [4.78, 5) is 17.0. The summed E-state index contributed by atoms with van der Waals surface area (Å²) in [5.41, 5.74) is 5.17. The summed E-state index contributed by atoms with van der Waals surface area (Å²) in [6.07, 6.45) is -2.65. The zero-order valence-corrected chi connectivity index (χ0v) is 21.4. The van der Waals surface area contributed by atoms with Gasteiger partial charge in [0.2, 0.25) is 15.9 Å². The molecular formula is C25H33N3O8S. The lowest BCUT2D eigenvalue weighted by molar-refractivity contribution is -0.132. The number of aliphatic hydroxyl groups is 3. The Labute approximate surface area is 215 Å². The number of nitrogens with one attached hydrogen (secondary N) is 1. The van der Waals surface area contributed by atoms with Gasteiger partial charge in [0.25, 0.3) is 5.91 Å². The fraction of sp³-hybridized carbons (Fsp3) is 0.520. The predicted octanol–water partition coefficient (Wildman–Crippen LogP) is 0.697. The first-order valence-electron chi connectivity index (χ1n) is 12.2. The molecule has 2 unspecified atom stereocenters. The van der Waals surface area contributed by atoms with Crippen molar-refractivity contribution in [3.63, 3.8) is 0 Å². The van der Waals surface area contributed by atoms with Gasteiger partial charge in [0.05, 0.1) is 24.5 Å². The normalized spacial score (nSPS) is 25.2. The van der Waals surface area contributed by atoms with Crippen molar-refractivity contribution in [3.05, 3.63) is 47.5 Å². The molecule has 1 aliphatic heterocycles. The topological polar surface area (TPSA) is 170 Å². The Morgan fingerprint density at radius 2 is 1.84 bits per heavy atom. The molecule has 0 bridgehead atoms. The summed E-state index contributed by atoms with van der Waals surface area (Å²) in [5, 5.41) is 38.2. The molecule has 2 aliphatic rings. The molecule has 1 aliphatic carbocycles. The molecule has 2 fully saturated rings. The number of ether oxygens (including phenoxy) is 1. The molecule has 1 saturated heterocycles. The second kappa shape index (κ2) is 11.0. The minimum atomic E-state index is -4.26. The molecule has 37 heavy (non-hydrogen) atoms. The molecule has 1 amide bonds. The number of pyridine rings is 1. The van der Waals surface area contributed by atoms with E-state index in [1.165, 1.54) is 9.79 Å². The van der Waals surface area contributed by atoms with Gasteiger partial charge in [-0.15, -0.1) is 0 Å². The number of hydroxylamine groups is 1. The average Bonchev–Trinajstić information content (AvgIpc) is 3.22. The smallest absolute Gasteiger partial charge is 0.266 e. The second-order valence-corrected chi connectivity index (χ2v) is 11.9. The van der Waals surface area contributed by atoms with Crippen molar-refractivity contribution in [2.24, 2.45) is 0 Å². The molecule has 4 rings (SSSR count). The van der Waals surface area contributed by atoms with Gasteiger partial charge in [-0.05, 0) is 42.9 Å². The Kier molecular flexibility index (Phi) is 8.17. The number of hydrogen-bond acceptors (Lipinski definition) is 9. The van der Waals surface area contributed by atoms with Gasteiger partial charge >= 0.3 is 0 Å². The minimum absolute atomic E-state index is 0.0979. The zero-order valence-electron chi connectivity index (χ0n) is 20.6. The van der Waals surface area contributed by atoms with Gasteiger partial charge in [-0.2, -0.15) is 0 Å². The third-order valence-electron chi connectivity index (χ3n) is 7.39. The van der Waals surface area contributed by atoms with Gasteiger partial charge < -0.3 is 20.1 Å². The van der Waals surface area contributed by atoms with Crippen LogP contribution in [0.2, 0.25) is 0 Å². The number of benzene rings is 1. The molecule has 1 aromatic heterocycles. The van der Waals surface area contributed by atoms with E-state index in [-0.39, 0.29) is 32.2 Å². The Hall–Kier alpha value is -2.61. The number of sulfonamides is 1. The third-order valence-corrected chi connectivity index (χ3v) is 9.94. The molecule has 1 aromatic carbocycles. The highest BCUT2D eigenvalue weighted by molar-refractivity contribution is 7.91. The van der Waals surface area contributed by atoms with E-state index in [0.717, 1.165) is 22.4 Å². The lowest BCUT2D eigenvalue weighted by Gasteiger charge is -2.37. The number of aryl methyl sites for hydroxylation is 1. The molecule has 0 radical (unpaired) electrons. The first kappa shape index (κ1) is 27.4. The first-order valence-corrected chi connectivity index (χ1v) is 13.7. The van der Waals surface area contributed by atoms with Gasteiger partial charge in [0.1, 0.15) is 6.61 Å². The average molecular weight is 536 g/mol. The Morgan fingerprint density at radius 3 is 2.43 bits per heavy atom. The van der Waals surface area contributed by atoms with Crippen LogP contribution < -0.4 is 10.2 Å². The van der Waals surface area contributed by atoms with E-state index in [9.17, 15) is 28.6 Å². The van der Waals surface area contributed by atoms with E-state index in [1.807, 2.05) is 31.2 Å². The van der Waals surface area contributed by atoms with Crippen LogP contribution in [0.15, 0.2) is 36.4 Å². The van der Waals surface area contributed by atoms with E-state index in [4.69, 9.17) is 9.84 Å². The van der Waals surface area contributed by atoms with Gasteiger partial charge in [0, 0.05) is 37.6 Å². The summed E-state index contributed by atoms with van der Waals surface area (Å²) in [7, 11) is -4.26. The SMILES string of the molecule is Cc1cc(C2CCN(S(=O)(=O)C3(C(=O)NO)CC(O)C(O)C3)CC2)ccc1-c1cccc(OCCO)n1. The first-order chi connectivity index (χ1) is 17.6. The summed E-state index contributed by atoms with van der Waals surface area (Å²) in [6.45, 7) is 2.39. The third kappa shape index (κ3) is 5.22. The molecule has 2 heterocycles. The number of carbonyl (C=O) groups excluding carboxylic acids is 1. The number of aromatic nitrogens is 1. The van der Waals surface area contributed by atoms with Crippen molar-refractivity contribution in [1.82, 2.24) is 14.8 Å². The number of piperidine rings is 1. The number of aliphatic hydroxyl groups excluding tert-OH is 3. The van der Waals surface area contributed by atoms with Crippen molar-refractivity contribution in [2.75, 3.05) is 26.3 Å². The highest BCUT2D eigenvalue weighted by Gasteiger charge is 2.60. The van der Waals surface area contributed by atoms with Crippen LogP contribution in [0.25, 0.3) is 11.3 Å². The Morgan fingerprint density at radius 1 is 1.16 bits per heavy atom. The van der Waals surface area contributed by atoms with Gasteiger partial charge in [-0.3, -0.25) is 10.0 Å². The maximum atomic E-state index is 13.5. The molecule has 1 saturated carbocycles. The number of nitrogens with zero attached hydrogens (tertiary/aromatic N) is 2. The largest absolute Gasteiger partial charge is 0.475 e. The monoisotopic (exact) mass is 535 g/mol. The van der Waals surface area contributed by atoms with Crippen LogP contribution in [-0.2, 0) is 14.8 Å². The minimum Gasteiger partial charge on any atom is -0.475 e. The van der Waals surface area contributed by atoms with Crippen LogP contribution in [0.5, 0.6) is 5.88 Å². The van der Waals surface area contributed by atoms with E-state index in [2.05, 4.69) is 11.1 Å². The Bertz CT molecular complexity index is 1220. The molecule has 12 heteroatoms. The highest BCUT2D eigenvalue weighted by Crippen LogP contribution is 2.41. The number of rotatable bonds is 8. The highest BCUT2D eigenvalue weighted by atomic mass is 32.2. The van der Waals surface area contributed by atoms with Crippen molar-refractivity contribution < 1.29 is 38.5 Å². The summed E-state index contributed by atoms with van der Waals surface area (Å²) in [6, 6.07) is 11.5. The number of carbonyl (C=O) groups is 1. The van der Waals surface area contributed by atoms with E-state index >= 15 is 0 Å². The second-order valence-electron chi connectivity index (χ2n) is 9.66. The fourth-order valence-electron chi connectivity index (χ4n) is 5.35. The van der Waals surface area contributed by atoms with Crippen molar-refractivity contribution in [2.45, 2.75) is 55.5 Å². The standard InChI is InChI=1S/C25H33N3O8S/c1-16-13-18(5-6-19(16)20-3-2-4-23(26-20)36-12-11-29)17-7-9-28(10-8-17)37(34,35)25(24(32)27-33)14-21(30)22(31)15-25/h2-6,13,17,21-22,29-31,33H,7-12,14-15H2,1H3,(H,27,32). The summed E-state index contributed by atoms with van der Waals surface area (Å²) in [5.74, 6) is -0.608. The lowest BCUT2D eigenvalue weighted by atomic mass is 9.88. The maximum absolute atomic E-state index is 13.5. The van der Waals surface area contributed by atoms with E-state index in [1.54, 1.807) is 6.07 Å². The van der Waals surface area contributed by atoms with Crippen LogP contribution in [-0.4, -0.2) is 87.4 Å². The molecule has 202 valence electrons. The van der Waals surface area contributed by atoms with Crippen LogP contribution in [0.1, 0.15) is 42.7 Å². The van der Waals surface area contributed by atoms with Crippen molar-refractivity contribution in [3.8, 4) is 17.1 Å². The van der Waals surface area contributed by atoms with Crippen molar-refractivity contribution >= 4 is 15.9 Å². The van der Waals surface area contributed by atoms with Gasteiger partial charge in [-0.1, -0.05) is 24.3 Å². The predicted molar refractivity (Wildman–Crippen MR) is 133 cm³/mol. The van der Waals surface area contributed by atoms with Crippen molar-refractivity contribution in [1.29, 1.82) is 0 Å². The van der Waals surface area contributed by atoms with Crippen LogP contribution in [0.4, 0.5) is 0 Å². The van der Waals surface area contributed by atoms with Crippen LogP contribution >= 0.6 is 0 Å². The molecule has 2 atom stereocenters. The molecule has 2 aromatic rings. The number of amides is 1. The van der Waals surface area contributed by atoms with Crippen LogP contribution in [0.3, 0.4) is 0 Å². The lowest BCUT2D eigenvalue weighted by Crippen LogP contribution is -2.57. The maximum Gasteiger partial charge on any atom is 0.266 e. The summed E-state index contributed by atoms with van der Waals surface area (Å²) >= 11 is 0. The number of hydrogen-bond donors (Lipinski definition) is 5. The molecule has 0 spiro atoms. The fourth-order valence-corrected chi connectivity index (χ4v) is 7.57. The summed E-state index contributed by atoms with van der Waals surface area (Å²) < 4.78 is 31.5. The van der Waals surface area contributed by atoms with Gasteiger partial charge in [0.15, 0.2) is 4.75 Å². The van der Waals surface area contributed by atoms with Gasteiger partial charge in [-0.25, -0.2) is 23.2 Å². The molecule has 5 N–H and O–H groups in total. The molecule has 11 nitrogen and oxygen atoms in total. The van der Waals surface area contributed by atoms with Crippen LogP contribution in [0, 0.1) is 6.92 Å². The van der Waals surface area contributed by atoms with E-state index in [0.29, 0.717) is 18.7 Å². The quantitative estimate of drug-likeness (QED) is 0.241. The zero-order chi connectivity index (χ0) is 26.8. The Balaban J connectivity index is 1.48.